The van der Waals surface area contributed by atoms with E-state index in [0.29, 0.717) is 22.3 Å². The van der Waals surface area contributed by atoms with E-state index in [2.05, 4.69) is 12.4 Å². The van der Waals surface area contributed by atoms with E-state index in [1.807, 2.05) is 0 Å². The molecule has 2 aliphatic rings. The fourth-order valence-electron chi connectivity index (χ4n) is 2.36. The number of hydrogen-bond acceptors (Lipinski definition) is 4. The van der Waals surface area contributed by atoms with E-state index in [4.69, 9.17) is 0 Å². The summed E-state index contributed by atoms with van der Waals surface area (Å²) >= 11 is 0. The van der Waals surface area contributed by atoms with Crippen LogP contribution in [0.1, 0.15) is 41.4 Å². The zero-order chi connectivity index (χ0) is 16.6. The standard InChI is InChI=1S/C9H6NO2.C8H5NO2.Cu.Pu/c1-10-8(11)6-4-2-3-5-7(6)9(10)12;10-7-5-3-1-2-4-6(5)8(11)9-7;;/h2-5H,1H2;1-4H,(H,9,10,11);;/q-1;;+1;. The van der Waals surface area contributed by atoms with Crippen molar-refractivity contribution in [2.24, 2.45) is 0 Å². The van der Waals surface area contributed by atoms with Gasteiger partial charge >= 0.3 is 17.1 Å². The van der Waals surface area contributed by atoms with Crippen LogP contribution in [0.25, 0.3) is 0 Å². The number of amides is 4. The van der Waals surface area contributed by atoms with Crippen LogP contribution in [0.4, 0.5) is 0 Å². The summed E-state index contributed by atoms with van der Waals surface area (Å²) < 4.78 is 0. The Kier molecular flexibility index (Phi) is 7.27. The van der Waals surface area contributed by atoms with Crippen molar-refractivity contribution in [2.45, 2.75) is 0 Å². The van der Waals surface area contributed by atoms with Crippen LogP contribution in [0.3, 0.4) is 0 Å². The predicted octanol–water partition coefficient (Wildman–Crippen LogP) is 1.64. The van der Waals surface area contributed by atoms with Crippen LogP contribution < -0.4 is 5.32 Å². The summed E-state index contributed by atoms with van der Waals surface area (Å²) in [5.41, 5.74) is 1.82. The number of carbonyl (C=O) groups excluding carboxylic acids is 4. The summed E-state index contributed by atoms with van der Waals surface area (Å²) in [6.07, 6.45) is 0. The van der Waals surface area contributed by atoms with Crippen LogP contribution in [0.5, 0.6) is 0 Å². The van der Waals surface area contributed by atoms with E-state index < -0.39 is 0 Å². The number of nitrogens with one attached hydrogen (secondary N) is 1. The van der Waals surface area contributed by atoms with Gasteiger partial charge in [0.1, 0.15) is 0 Å². The van der Waals surface area contributed by atoms with Crippen LogP contribution in [0.15, 0.2) is 48.5 Å². The molecule has 2 aromatic rings. The second-order valence-corrected chi connectivity index (χ2v) is 4.91. The SMILES string of the molecule is O=C1NC(=O)c2ccccc21.[CH2-]N1C(=O)c2ccccc2C1=O.[Cu+].[Pu]. The van der Waals surface area contributed by atoms with Gasteiger partial charge in [-0.3, -0.25) is 24.5 Å². The summed E-state index contributed by atoms with van der Waals surface area (Å²) in [7, 11) is 3.35. The van der Waals surface area contributed by atoms with E-state index in [-0.39, 0.29) is 69.9 Å². The van der Waals surface area contributed by atoms with Gasteiger partial charge in [-0.2, -0.15) is 0 Å². The van der Waals surface area contributed by atoms with Crippen molar-refractivity contribution in [3.63, 3.8) is 0 Å². The first-order valence-electron chi connectivity index (χ1n) is 6.73. The van der Waals surface area contributed by atoms with Crippen molar-refractivity contribution in [1.29, 1.82) is 0 Å². The summed E-state index contributed by atoms with van der Waals surface area (Å²) in [5.74, 6) is -1.25. The second kappa shape index (κ2) is 8.55. The molecule has 25 heavy (non-hydrogen) atoms. The van der Waals surface area contributed by atoms with Crippen molar-refractivity contribution in [3.05, 3.63) is 77.8 Å². The normalized spacial score (nSPS) is 13.7. The molecule has 1 N–H and O–H groups in total. The van der Waals surface area contributed by atoms with E-state index in [1.54, 1.807) is 48.5 Å². The number of fused-ring (bicyclic) bond motifs is 2. The molecule has 0 fully saturated rings. The molecule has 2 heterocycles. The maximum Gasteiger partial charge on any atom is 1.00 e. The molecule has 6 nitrogen and oxygen atoms in total. The number of carbonyl (C=O) groups is 4. The van der Waals surface area contributed by atoms with Gasteiger partial charge in [-0.15, -0.1) is 0 Å². The molecule has 0 radical (unpaired) electrons. The van der Waals surface area contributed by atoms with Crippen LogP contribution in [0.2, 0.25) is 0 Å². The summed E-state index contributed by atoms with van der Waals surface area (Å²) in [6.45, 7) is 0. The molecule has 0 unspecified atom stereocenters. The van der Waals surface area contributed by atoms with Gasteiger partial charge in [0.25, 0.3) is 11.8 Å². The fourth-order valence-corrected chi connectivity index (χ4v) is 2.36. The molecule has 8 heteroatoms. The molecule has 0 bridgehead atoms. The third kappa shape index (κ3) is 3.91. The number of nitrogens with zero attached hydrogens (tertiary/aromatic N) is 1. The Hall–Kier alpha value is -1.77. The largest absolute Gasteiger partial charge is 1.00 e. The van der Waals surface area contributed by atoms with Crippen molar-refractivity contribution in [1.82, 2.24) is 10.2 Å². The summed E-state index contributed by atoms with van der Waals surface area (Å²) in [5, 5.41) is 2.20. The van der Waals surface area contributed by atoms with E-state index in [9.17, 15) is 19.2 Å². The molecular weight excluding hydrogens is 604 g/mol. The number of imide groups is 2. The zero-order valence-electron chi connectivity index (χ0n) is 12.6. The van der Waals surface area contributed by atoms with Gasteiger partial charge < -0.3 is 4.90 Å². The van der Waals surface area contributed by atoms with Crippen LogP contribution in [-0.4, -0.2) is 28.5 Å². The van der Waals surface area contributed by atoms with Crippen LogP contribution >= 0.6 is 0 Å². The first-order valence-corrected chi connectivity index (χ1v) is 6.73. The third-order valence-corrected chi connectivity index (χ3v) is 3.52. The van der Waals surface area contributed by atoms with Gasteiger partial charge in [0.05, 0.1) is 11.1 Å². The second-order valence-electron chi connectivity index (χ2n) is 4.91. The zero-order valence-corrected chi connectivity index (χ0v) is 17.0. The third-order valence-electron chi connectivity index (χ3n) is 3.52. The number of hydrogen-bond donors (Lipinski definition) is 1. The first kappa shape index (κ1) is 21.3. The van der Waals surface area contributed by atoms with Gasteiger partial charge in [-0.05, 0) is 24.3 Å². The Morgan fingerprint density at radius 1 is 0.680 bits per heavy atom. The van der Waals surface area contributed by atoms with Gasteiger partial charge in [-0.1, -0.05) is 24.3 Å². The Morgan fingerprint density at radius 3 is 1.36 bits per heavy atom. The van der Waals surface area contributed by atoms with Crippen molar-refractivity contribution in [2.75, 3.05) is 0 Å². The minimum atomic E-state index is -0.324. The Balaban J connectivity index is 0.000000232. The molecular formula is C17H11CuN2O4Pu. The maximum atomic E-state index is 11.2. The average molecular weight is 615 g/mol. The van der Waals surface area contributed by atoms with Crippen molar-refractivity contribution in [3.8, 4) is 0 Å². The molecule has 0 aromatic heterocycles. The molecule has 0 aliphatic carbocycles. The monoisotopic (exact) mass is 608 g/mol. The fraction of sp³-hybridized carbons (Fsp3) is 0. The molecule has 0 saturated carbocycles. The van der Waals surface area contributed by atoms with Crippen LogP contribution in [-0.2, 0) is 17.1 Å². The first-order chi connectivity index (χ1) is 11.0. The quantitative estimate of drug-likeness (QED) is 0.278. The van der Waals surface area contributed by atoms with Gasteiger partial charge in [0, 0.05) is 40.3 Å². The molecule has 0 atom stereocenters. The van der Waals surface area contributed by atoms with Crippen molar-refractivity contribution >= 4 is 23.6 Å². The smallest absolute Gasteiger partial charge is 0.430 e. The molecule has 0 spiro atoms. The van der Waals surface area contributed by atoms with E-state index in [0.717, 1.165) is 4.90 Å². The van der Waals surface area contributed by atoms with E-state index in [1.165, 1.54) is 0 Å². The number of rotatable bonds is 0. The van der Waals surface area contributed by atoms with E-state index >= 15 is 0 Å². The van der Waals surface area contributed by atoms with Gasteiger partial charge in [0.15, 0.2) is 0 Å². The Morgan fingerprint density at radius 2 is 1.00 bits per heavy atom. The predicted molar refractivity (Wildman–Crippen MR) is 80.5 cm³/mol. The maximum absolute atomic E-state index is 11.2. The summed E-state index contributed by atoms with van der Waals surface area (Å²) in [6, 6.07) is 13.4. The van der Waals surface area contributed by atoms with Gasteiger partial charge in [0.2, 0.25) is 11.8 Å². The average Bonchev–Trinajstić information content (AvgIpc) is 2.99. The minimum absolute atomic E-state index is 0. The molecule has 4 amide bonds. The summed E-state index contributed by atoms with van der Waals surface area (Å²) in [4.78, 5) is 45.3. The Labute approximate surface area is 176 Å². The Bertz CT molecular complexity index is 801. The molecule has 0 saturated heterocycles. The topological polar surface area (TPSA) is 83.6 Å². The molecule has 2 aliphatic heterocycles. The van der Waals surface area contributed by atoms with Crippen LogP contribution in [0, 0.1) is 36.2 Å². The molecule has 2 aromatic carbocycles. The van der Waals surface area contributed by atoms with Gasteiger partial charge in [-0.25, -0.2) is 7.05 Å². The van der Waals surface area contributed by atoms with Crippen molar-refractivity contribution < 1.29 is 65.4 Å². The number of benzene rings is 2. The minimum Gasteiger partial charge on any atom is -0.430 e. The molecule has 130 valence electrons. The molecule has 4 rings (SSSR count).